The number of nitrogens with zero attached hydrogens (tertiary/aromatic N) is 2. The molecule has 0 aliphatic rings. The fraction of sp³-hybridized carbons (Fsp3) is 0.286. The third-order valence-electron chi connectivity index (χ3n) is 2.79. The van der Waals surface area contributed by atoms with E-state index in [1.807, 2.05) is 12.1 Å². The van der Waals surface area contributed by atoms with E-state index < -0.39 is 0 Å². The zero-order valence-corrected chi connectivity index (χ0v) is 10.7. The molecule has 0 bridgehead atoms. The Labute approximate surface area is 108 Å². The summed E-state index contributed by atoms with van der Waals surface area (Å²) in [4.78, 5) is 13.6. The van der Waals surface area contributed by atoms with Crippen molar-refractivity contribution in [2.24, 2.45) is 0 Å². The highest BCUT2D eigenvalue weighted by Gasteiger charge is 2.19. The largest absolute Gasteiger partial charge is 0.362 e. The molecule has 0 fully saturated rings. The van der Waals surface area contributed by atoms with Gasteiger partial charge in [0.05, 0.1) is 11.3 Å². The number of carbonyl (C=O) groups is 1. The van der Waals surface area contributed by atoms with Crippen LogP contribution in [0.25, 0.3) is 0 Å². The predicted molar refractivity (Wildman–Crippen MR) is 72.2 cm³/mol. The number of hydrogen-bond acceptors (Lipinski definition) is 3. The van der Waals surface area contributed by atoms with Crippen LogP contribution in [0, 0.1) is 11.3 Å². The number of carbonyl (C=O) groups excluding carboxylic acids is 1. The Kier molecular flexibility index (Phi) is 4.94. The number of likely N-dealkylation sites (N-methyl/N-ethyl adjacent to an activating group) is 1. The Morgan fingerprint density at radius 3 is 2.89 bits per heavy atom. The number of nitrogens with one attached hydrogen (secondary N) is 1. The van der Waals surface area contributed by atoms with Crippen molar-refractivity contribution in [1.29, 1.82) is 5.26 Å². The Bertz CT molecular complexity index is 476. The fourth-order valence-electron chi connectivity index (χ4n) is 1.58. The summed E-state index contributed by atoms with van der Waals surface area (Å²) in [6.45, 7) is 5.79. The highest BCUT2D eigenvalue weighted by Crippen LogP contribution is 2.20. The summed E-state index contributed by atoms with van der Waals surface area (Å²) in [5, 5.41) is 11.8. The van der Waals surface area contributed by atoms with E-state index in [1.165, 1.54) is 0 Å². The predicted octanol–water partition coefficient (Wildman–Crippen LogP) is 1.69. The number of para-hydroxylation sites is 1. The lowest BCUT2D eigenvalue weighted by molar-refractivity contribution is -0.121. The average molecular weight is 243 g/mol. The van der Waals surface area contributed by atoms with Crippen molar-refractivity contribution in [1.82, 2.24) is 5.32 Å². The zero-order chi connectivity index (χ0) is 13.5. The number of hydrogen-bond donors (Lipinski definition) is 1. The van der Waals surface area contributed by atoms with Crippen molar-refractivity contribution in [3.8, 4) is 6.07 Å². The molecule has 1 aromatic rings. The van der Waals surface area contributed by atoms with Crippen molar-refractivity contribution >= 4 is 11.6 Å². The molecule has 1 unspecified atom stereocenters. The Morgan fingerprint density at radius 1 is 1.61 bits per heavy atom. The quantitative estimate of drug-likeness (QED) is 0.801. The molecule has 18 heavy (non-hydrogen) atoms. The van der Waals surface area contributed by atoms with Gasteiger partial charge >= 0.3 is 0 Å². The molecule has 0 aliphatic carbocycles. The van der Waals surface area contributed by atoms with E-state index >= 15 is 0 Å². The van der Waals surface area contributed by atoms with Gasteiger partial charge in [0.1, 0.15) is 12.1 Å². The van der Waals surface area contributed by atoms with Gasteiger partial charge < -0.3 is 10.2 Å². The van der Waals surface area contributed by atoms with Crippen LogP contribution >= 0.6 is 0 Å². The zero-order valence-electron chi connectivity index (χ0n) is 10.7. The lowest BCUT2D eigenvalue weighted by atomic mass is 10.1. The first-order valence-corrected chi connectivity index (χ1v) is 5.72. The van der Waals surface area contributed by atoms with Crippen LogP contribution in [0.15, 0.2) is 36.9 Å². The summed E-state index contributed by atoms with van der Waals surface area (Å²) < 4.78 is 0. The van der Waals surface area contributed by atoms with Crippen LogP contribution in [0.3, 0.4) is 0 Å². The van der Waals surface area contributed by atoms with Crippen LogP contribution in [0.2, 0.25) is 0 Å². The van der Waals surface area contributed by atoms with Gasteiger partial charge in [-0.1, -0.05) is 18.2 Å². The minimum atomic E-state index is -0.348. The van der Waals surface area contributed by atoms with Crippen molar-refractivity contribution in [2.45, 2.75) is 13.0 Å². The lowest BCUT2D eigenvalue weighted by Gasteiger charge is -2.26. The van der Waals surface area contributed by atoms with Gasteiger partial charge in [-0.15, -0.1) is 6.58 Å². The molecule has 4 heteroatoms. The molecule has 4 nitrogen and oxygen atoms in total. The van der Waals surface area contributed by atoms with Crippen molar-refractivity contribution < 1.29 is 4.79 Å². The number of nitriles is 1. The monoisotopic (exact) mass is 243 g/mol. The number of amides is 1. The van der Waals surface area contributed by atoms with Gasteiger partial charge in [0.2, 0.25) is 5.91 Å². The molecular formula is C14H17N3O. The van der Waals surface area contributed by atoms with Crippen LogP contribution in [-0.2, 0) is 4.79 Å². The van der Waals surface area contributed by atoms with Gasteiger partial charge in [-0.3, -0.25) is 4.79 Å². The summed E-state index contributed by atoms with van der Waals surface area (Å²) >= 11 is 0. The smallest absolute Gasteiger partial charge is 0.242 e. The van der Waals surface area contributed by atoms with Gasteiger partial charge in [0, 0.05) is 13.6 Å². The van der Waals surface area contributed by atoms with Crippen molar-refractivity contribution in [2.75, 3.05) is 18.5 Å². The van der Waals surface area contributed by atoms with Gasteiger partial charge in [-0.2, -0.15) is 5.26 Å². The minimum absolute atomic E-state index is 0.0925. The summed E-state index contributed by atoms with van der Waals surface area (Å²) in [5.41, 5.74) is 1.31. The SMILES string of the molecule is C=CCNC(=O)C(C)N(C)c1ccccc1C#N. The standard InChI is InChI=1S/C14H17N3O/c1-4-9-16-14(18)11(2)17(3)13-8-6-5-7-12(13)10-15/h4-8,11H,1,9H2,2-3H3,(H,16,18). The average Bonchev–Trinajstić information content (AvgIpc) is 2.42. The maximum absolute atomic E-state index is 11.8. The Morgan fingerprint density at radius 2 is 2.28 bits per heavy atom. The first kappa shape index (κ1) is 13.8. The summed E-state index contributed by atoms with van der Waals surface area (Å²) in [6.07, 6.45) is 1.63. The summed E-state index contributed by atoms with van der Waals surface area (Å²) in [7, 11) is 1.80. The van der Waals surface area contributed by atoms with E-state index in [1.54, 1.807) is 37.1 Å². The maximum atomic E-state index is 11.8. The molecular weight excluding hydrogens is 226 g/mol. The molecule has 0 spiro atoms. The van der Waals surface area contributed by atoms with Gasteiger partial charge in [-0.25, -0.2) is 0 Å². The molecule has 1 N–H and O–H groups in total. The Hall–Kier alpha value is -2.28. The first-order chi connectivity index (χ1) is 8.61. The van der Waals surface area contributed by atoms with Crippen LogP contribution in [0.4, 0.5) is 5.69 Å². The minimum Gasteiger partial charge on any atom is -0.362 e. The molecule has 0 heterocycles. The second-order valence-corrected chi connectivity index (χ2v) is 3.95. The fourth-order valence-corrected chi connectivity index (χ4v) is 1.58. The van der Waals surface area contributed by atoms with E-state index in [0.717, 1.165) is 5.69 Å². The van der Waals surface area contributed by atoms with E-state index in [4.69, 9.17) is 5.26 Å². The molecule has 1 rings (SSSR count). The second-order valence-electron chi connectivity index (χ2n) is 3.95. The van der Waals surface area contributed by atoms with E-state index in [2.05, 4.69) is 18.0 Å². The summed E-state index contributed by atoms with van der Waals surface area (Å²) in [6, 6.07) is 8.99. The molecule has 94 valence electrons. The maximum Gasteiger partial charge on any atom is 0.242 e. The lowest BCUT2D eigenvalue weighted by Crippen LogP contribution is -2.43. The van der Waals surface area contributed by atoms with Gasteiger partial charge in [-0.05, 0) is 19.1 Å². The van der Waals surface area contributed by atoms with E-state index in [-0.39, 0.29) is 11.9 Å². The van der Waals surface area contributed by atoms with Gasteiger partial charge in [0.15, 0.2) is 0 Å². The Balaban J connectivity index is 2.86. The molecule has 0 aliphatic heterocycles. The van der Waals surface area contributed by atoms with Crippen LogP contribution in [-0.4, -0.2) is 25.5 Å². The number of benzene rings is 1. The highest BCUT2D eigenvalue weighted by atomic mass is 16.2. The topological polar surface area (TPSA) is 56.1 Å². The molecule has 0 saturated carbocycles. The summed E-state index contributed by atoms with van der Waals surface area (Å²) in [5.74, 6) is -0.0925. The number of anilines is 1. The van der Waals surface area contributed by atoms with Crippen LogP contribution in [0.5, 0.6) is 0 Å². The second kappa shape index (κ2) is 6.45. The molecule has 0 radical (unpaired) electrons. The number of rotatable bonds is 5. The van der Waals surface area contributed by atoms with Crippen molar-refractivity contribution in [3.63, 3.8) is 0 Å². The van der Waals surface area contributed by atoms with E-state index in [9.17, 15) is 4.79 Å². The van der Waals surface area contributed by atoms with Crippen molar-refractivity contribution in [3.05, 3.63) is 42.5 Å². The van der Waals surface area contributed by atoms with Crippen LogP contribution < -0.4 is 10.2 Å². The molecule has 0 aromatic heterocycles. The highest BCUT2D eigenvalue weighted by molar-refractivity contribution is 5.85. The molecule has 0 saturated heterocycles. The first-order valence-electron chi connectivity index (χ1n) is 5.72. The third-order valence-corrected chi connectivity index (χ3v) is 2.79. The molecule has 1 atom stereocenters. The van der Waals surface area contributed by atoms with E-state index in [0.29, 0.717) is 12.1 Å². The van der Waals surface area contributed by atoms with Gasteiger partial charge in [0.25, 0.3) is 0 Å². The molecule has 1 amide bonds. The normalized spacial score (nSPS) is 11.2. The molecule has 1 aromatic carbocycles. The van der Waals surface area contributed by atoms with Crippen LogP contribution in [0.1, 0.15) is 12.5 Å². The third kappa shape index (κ3) is 3.11.